The smallest absolute Gasteiger partial charge is 0.274 e. The van der Waals surface area contributed by atoms with E-state index in [9.17, 15) is 4.79 Å². The molecular weight excluding hydrogens is 286 g/mol. The molecule has 4 heteroatoms. The van der Waals surface area contributed by atoms with Gasteiger partial charge in [-0.15, -0.1) is 0 Å². The number of aromatic nitrogens is 2. The largest absolute Gasteiger partial charge is 0.320 e. The highest BCUT2D eigenvalue weighted by molar-refractivity contribution is 6.04. The highest BCUT2D eigenvalue weighted by Gasteiger charge is 2.18. The Morgan fingerprint density at radius 2 is 1.87 bits per heavy atom. The van der Waals surface area contributed by atoms with E-state index in [-0.39, 0.29) is 5.91 Å². The molecule has 0 bridgehead atoms. The van der Waals surface area contributed by atoms with Crippen molar-refractivity contribution < 1.29 is 4.79 Å². The van der Waals surface area contributed by atoms with Gasteiger partial charge in [-0.3, -0.25) is 9.20 Å². The second kappa shape index (κ2) is 5.88. The van der Waals surface area contributed by atoms with Crippen molar-refractivity contribution >= 4 is 17.2 Å². The van der Waals surface area contributed by atoms with Gasteiger partial charge in [0.1, 0.15) is 11.3 Å². The number of amides is 1. The molecule has 0 unspecified atom stereocenters. The van der Waals surface area contributed by atoms with E-state index in [1.807, 2.05) is 62.6 Å². The topological polar surface area (TPSA) is 46.4 Å². The van der Waals surface area contributed by atoms with E-state index in [1.54, 1.807) is 0 Å². The fourth-order valence-corrected chi connectivity index (χ4v) is 2.82. The Balaban J connectivity index is 2.04. The molecule has 1 N–H and O–H groups in total. The Hall–Kier alpha value is -2.62. The maximum atomic E-state index is 12.8. The van der Waals surface area contributed by atoms with Crippen molar-refractivity contribution in [3.05, 3.63) is 64.6 Å². The van der Waals surface area contributed by atoms with Crippen LogP contribution in [0, 0.1) is 20.8 Å². The SMILES string of the molecule is CCc1nc2ccc(C)cn2c1C(=O)Nc1ccc(C)cc1C. The van der Waals surface area contributed by atoms with Gasteiger partial charge in [0.2, 0.25) is 0 Å². The van der Waals surface area contributed by atoms with E-state index in [1.165, 1.54) is 5.56 Å². The van der Waals surface area contributed by atoms with Crippen LogP contribution in [0.15, 0.2) is 36.5 Å². The van der Waals surface area contributed by atoms with Crippen LogP contribution in [0.5, 0.6) is 0 Å². The van der Waals surface area contributed by atoms with E-state index in [4.69, 9.17) is 0 Å². The lowest BCUT2D eigenvalue weighted by Crippen LogP contribution is -2.17. The number of aryl methyl sites for hydroxylation is 4. The zero-order valence-corrected chi connectivity index (χ0v) is 14.0. The first kappa shape index (κ1) is 15.3. The van der Waals surface area contributed by atoms with Crippen LogP contribution in [0.4, 0.5) is 5.69 Å². The summed E-state index contributed by atoms with van der Waals surface area (Å²) < 4.78 is 1.88. The Kier molecular flexibility index (Phi) is 3.90. The maximum Gasteiger partial charge on any atom is 0.274 e. The molecule has 0 aliphatic carbocycles. The van der Waals surface area contributed by atoms with Crippen LogP contribution in [0.3, 0.4) is 0 Å². The molecule has 0 atom stereocenters. The fraction of sp³-hybridized carbons (Fsp3) is 0.263. The monoisotopic (exact) mass is 307 g/mol. The van der Waals surface area contributed by atoms with E-state index in [0.717, 1.165) is 34.6 Å². The predicted octanol–water partition coefficient (Wildman–Crippen LogP) is 4.07. The summed E-state index contributed by atoms with van der Waals surface area (Å²) in [5.41, 5.74) is 6.41. The van der Waals surface area contributed by atoms with E-state index >= 15 is 0 Å². The third-order valence-electron chi connectivity index (χ3n) is 4.02. The Bertz CT molecular complexity index is 893. The number of nitrogens with zero attached hydrogens (tertiary/aromatic N) is 2. The lowest BCUT2D eigenvalue weighted by atomic mass is 10.1. The quantitative estimate of drug-likeness (QED) is 0.792. The number of carbonyl (C=O) groups excluding carboxylic acids is 1. The molecule has 0 saturated carbocycles. The second-order valence-electron chi connectivity index (χ2n) is 5.97. The Morgan fingerprint density at radius 1 is 1.13 bits per heavy atom. The van der Waals surface area contributed by atoms with Gasteiger partial charge in [0.05, 0.1) is 5.69 Å². The molecule has 1 aromatic carbocycles. The first-order valence-electron chi connectivity index (χ1n) is 7.85. The first-order chi connectivity index (χ1) is 11.0. The summed E-state index contributed by atoms with van der Waals surface area (Å²) in [6.45, 7) is 8.07. The van der Waals surface area contributed by atoms with Crippen molar-refractivity contribution in [2.45, 2.75) is 34.1 Å². The van der Waals surface area contributed by atoms with Gasteiger partial charge in [-0.1, -0.05) is 30.7 Å². The number of anilines is 1. The van der Waals surface area contributed by atoms with Crippen LogP contribution < -0.4 is 5.32 Å². The van der Waals surface area contributed by atoms with Crippen molar-refractivity contribution in [1.82, 2.24) is 9.38 Å². The van der Waals surface area contributed by atoms with E-state index < -0.39 is 0 Å². The maximum absolute atomic E-state index is 12.8. The molecule has 0 spiro atoms. The summed E-state index contributed by atoms with van der Waals surface area (Å²) in [5, 5.41) is 3.03. The van der Waals surface area contributed by atoms with Gasteiger partial charge < -0.3 is 5.32 Å². The van der Waals surface area contributed by atoms with Gasteiger partial charge in [-0.25, -0.2) is 4.98 Å². The normalized spacial score (nSPS) is 11.0. The van der Waals surface area contributed by atoms with Crippen molar-refractivity contribution in [3.8, 4) is 0 Å². The van der Waals surface area contributed by atoms with Crippen molar-refractivity contribution in [1.29, 1.82) is 0 Å². The van der Waals surface area contributed by atoms with Gasteiger partial charge in [-0.2, -0.15) is 0 Å². The molecule has 3 rings (SSSR count). The van der Waals surface area contributed by atoms with Crippen LogP contribution in [0.1, 0.15) is 39.8 Å². The van der Waals surface area contributed by atoms with Gasteiger partial charge in [0.25, 0.3) is 5.91 Å². The molecule has 0 fully saturated rings. The molecular formula is C19H21N3O. The lowest BCUT2D eigenvalue weighted by Gasteiger charge is -2.10. The summed E-state index contributed by atoms with van der Waals surface area (Å²) in [6.07, 6.45) is 2.68. The molecule has 0 aliphatic rings. The highest BCUT2D eigenvalue weighted by Crippen LogP contribution is 2.20. The molecule has 0 saturated heterocycles. The number of hydrogen-bond acceptors (Lipinski definition) is 2. The Morgan fingerprint density at radius 3 is 2.57 bits per heavy atom. The van der Waals surface area contributed by atoms with Gasteiger partial charge >= 0.3 is 0 Å². The number of nitrogens with one attached hydrogen (secondary N) is 1. The number of fused-ring (bicyclic) bond motifs is 1. The molecule has 2 heterocycles. The highest BCUT2D eigenvalue weighted by atomic mass is 16.2. The molecule has 4 nitrogen and oxygen atoms in total. The first-order valence-corrected chi connectivity index (χ1v) is 7.85. The van der Waals surface area contributed by atoms with E-state index in [2.05, 4.69) is 16.4 Å². The van der Waals surface area contributed by atoms with Gasteiger partial charge in [0.15, 0.2) is 0 Å². The summed E-state index contributed by atoms with van der Waals surface area (Å²) in [5.74, 6) is -0.119. The zero-order valence-electron chi connectivity index (χ0n) is 14.0. The average Bonchev–Trinajstić information content (AvgIpc) is 2.87. The van der Waals surface area contributed by atoms with Crippen LogP contribution in [-0.2, 0) is 6.42 Å². The summed E-state index contributed by atoms with van der Waals surface area (Å²) in [7, 11) is 0. The van der Waals surface area contributed by atoms with Crippen LogP contribution in [0.2, 0.25) is 0 Å². The van der Waals surface area contributed by atoms with E-state index in [0.29, 0.717) is 5.69 Å². The molecule has 0 radical (unpaired) electrons. The van der Waals surface area contributed by atoms with Crippen LogP contribution in [-0.4, -0.2) is 15.3 Å². The van der Waals surface area contributed by atoms with Gasteiger partial charge in [-0.05, 0) is 50.5 Å². The number of imidazole rings is 1. The minimum atomic E-state index is -0.119. The van der Waals surface area contributed by atoms with Crippen molar-refractivity contribution in [3.63, 3.8) is 0 Å². The molecule has 3 aromatic rings. The number of pyridine rings is 1. The molecule has 118 valence electrons. The van der Waals surface area contributed by atoms with Gasteiger partial charge in [0, 0.05) is 11.9 Å². The number of hydrogen-bond donors (Lipinski definition) is 1. The summed E-state index contributed by atoms with van der Waals surface area (Å²) in [6, 6.07) is 9.97. The minimum Gasteiger partial charge on any atom is -0.320 e. The molecule has 23 heavy (non-hydrogen) atoms. The number of benzene rings is 1. The second-order valence-corrected chi connectivity index (χ2v) is 5.97. The fourth-order valence-electron chi connectivity index (χ4n) is 2.82. The third kappa shape index (κ3) is 2.84. The number of rotatable bonds is 3. The molecule has 2 aromatic heterocycles. The van der Waals surface area contributed by atoms with Crippen LogP contribution in [0.25, 0.3) is 5.65 Å². The summed E-state index contributed by atoms with van der Waals surface area (Å²) >= 11 is 0. The Labute approximate surface area is 136 Å². The standard InChI is InChI=1S/C19H21N3O/c1-5-15-18(22-11-13(3)7-9-17(22)20-15)19(23)21-16-8-6-12(2)10-14(16)4/h6-11H,5H2,1-4H3,(H,21,23). The predicted molar refractivity (Wildman–Crippen MR) is 93.2 cm³/mol. The average molecular weight is 307 g/mol. The summed E-state index contributed by atoms with van der Waals surface area (Å²) in [4.78, 5) is 17.4. The third-order valence-corrected chi connectivity index (χ3v) is 4.02. The molecule has 0 aliphatic heterocycles. The number of carbonyl (C=O) groups is 1. The molecule has 1 amide bonds. The van der Waals surface area contributed by atoms with Crippen LogP contribution >= 0.6 is 0 Å². The van der Waals surface area contributed by atoms with Crippen molar-refractivity contribution in [2.75, 3.05) is 5.32 Å². The lowest BCUT2D eigenvalue weighted by molar-refractivity contribution is 0.102. The zero-order chi connectivity index (χ0) is 16.6. The van der Waals surface area contributed by atoms with Crippen molar-refractivity contribution in [2.24, 2.45) is 0 Å². The minimum absolute atomic E-state index is 0.119.